The molecule has 7 nitrogen and oxygen atoms in total. The van der Waals surface area contributed by atoms with E-state index in [1.54, 1.807) is 0 Å². The minimum Gasteiger partial charge on any atom is -0.481 e. The first-order chi connectivity index (χ1) is 9.23. The minimum atomic E-state index is -1.05. The van der Waals surface area contributed by atoms with Crippen molar-refractivity contribution < 1.29 is 19.6 Å². The summed E-state index contributed by atoms with van der Waals surface area (Å²) in [7, 11) is 1.39. The first-order valence-electron chi connectivity index (χ1n) is 5.34. The number of amides is 1. The Morgan fingerprint density at radius 3 is 2.50 bits per heavy atom. The Kier molecular flexibility index (Phi) is 5.29. The summed E-state index contributed by atoms with van der Waals surface area (Å²) in [4.78, 5) is 33.6. The molecule has 1 rings (SSSR count). The lowest BCUT2D eigenvalue weighted by Gasteiger charge is -2.16. The number of benzene rings is 1. The molecule has 0 spiro atoms. The average molecular weight is 321 g/mol. The predicted molar refractivity (Wildman–Crippen MR) is 72.3 cm³/mol. The van der Waals surface area contributed by atoms with Crippen molar-refractivity contribution in [1.29, 1.82) is 0 Å². The van der Waals surface area contributed by atoms with Crippen molar-refractivity contribution in [2.24, 2.45) is 0 Å². The fraction of sp³-hybridized carbons (Fsp3) is 0.273. The molecule has 0 aliphatic carbocycles. The topological polar surface area (TPSA) is 101 Å². The van der Waals surface area contributed by atoms with Crippen LogP contribution in [0.3, 0.4) is 0 Å². The van der Waals surface area contributed by atoms with Crippen LogP contribution in [-0.2, 0) is 4.79 Å². The van der Waals surface area contributed by atoms with Crippen LogP contribution in [0.15, 0.2) is 12.1 Å². The number of carboxylic acids is 1. The van der Waals surface area contributed by atoms with Gasteiger partial charge >= 0.3 is 5.97 Å². The van der Waals surface area contributed by atoms with Crippen LogP contribution in [0, 0.1) is 10.1 Å². The molecule has 0 saturated carbocycles. The van der Waals surface area contributed by atoms with Crippen LogP contribution >= 0.6 is 23.2 Å². The van der Waals surface area contributed by atoms with E-state index in [1.807, 2.05) is 0 Å². The summed E-state index contributed by atoms with van der Waals surface area (Å²) in [5.74, 6) is -1.63. The fourth-order valence-electron chi connectivity index (χ4n) is 1.42. The van der Waals surface area contributed by atoms with Gasteiger partial charge in [0.25, 0.3) is 11.6 Å². The van der Waals surface area contributed by atoms with Crippen LogP contribution < -0.4 is 0 Å². The van der Waals surface area contributed by atoms with Gasteiger partial charge in [-0.05, 0) is 6.07 Å². The smallest absolute Gasteiger partial charge is 0.305 e. The molecule has 0 saturated heterocycles. The molecule has 0 aliphatic heterocycles. The highest BCUT2D eigenvalue weighted by molar-refractivity contribution is 6.43. The van der Waals surface area contributed by atoms with Crippen molar-refractivity contribution in [3.63, 3.8) is 0 Å². The van der Waals surface area contributed by atoms with Gasteiger partial charge in [0.15, 0.2) is 0 Å². The molecule has 1 aromatic rings. The zero-order valence-corrected chi connectivity index (χ0v) is 11.8. The van der Waals surface area contributed by atoms with Crippen LogP contribution in [0.2, 0.25) is 10.0 Å². The van der Waals surface area contributed by atoms with Gasteiger partial charge in [-0.15, -0.1) is 0 Å². The van der Waals surface area contributed by atoms with Crippen molar-refractivity contribution in [3.05, 3.63) is 37.9 Å². The lowest BCUT2D eigenvalue weighted by molar-refractivity contribution is -0.384. The molecule has 0 aliphatic rings. The number of nitro benzene ring substituents is 1. The molecule has 108 valence electrons. The third-order valence-electron chi connectivity index (χ3n) is 2.46. The van der Waals surface area contributed by atoms with Gasteiger partial charge in [0, 0.05) is 25.2 Å². The Hall–Kier alpha value is -1.86. The summed E-state index contributed by atoms with van der Waals surface area (Å²) in [5, 5.41) is 19.0. The molecule has 0 heterocycles. The second-order valence-electron chi connectivity index (χ2n) is 3.92. The van der Waals surface area contributed by atoms with Gasteiger partial charge in [-0.1, -0.05) is 23.2 Å². The zero-order chi connectivity index (χ0) is 15.4. The van der Waals surface area contributed by atoms with E-state index in [0.29, 0.717) is 0 Å². The number of halogens is 2. The van der Waals surface area contributed by atoms with E-state index < -0.39 is 22.5 Å². The Balaban J connectivity index is 3.04. The number of hydrogen-bond donors (Lipinski definition) is 1. The fourth-order valence-corrected chi connectivity index (χ4v) is 1.81. The van der Waals surface area contributed by atoms with Crippen molar-refractivity contribution in [2.45, 2.75) is 6.42 Å². The molecule has 0 unspecified atom stereocenters. The van der Waals surface area contributed by atoms with Crippen LogP contribution in [-0.4, -0.2) is 40.4 Å². The molecule has 20 heavy (non-hydrogen) atoms. The summed E-state index contributed by atoms with van der Waals surface area (Å²) in [5.41, 5.74) is -0.506. The van der Waals surface area contributed by atoms with E-state index in [9.17, 15) is 19.7 Å². The quantitative estimate of drug-likeness (QED) is 0.663. The normalized spacial score (nSPS) is 10.2. The maximum atomic E-state index is 12.0. The standard InChI is InChI=1S/C11H10Cl2N2O5/c1-14(3-2-9(16)17)11(18)6-4-7(12)10(13)8(5-6)15(19)20/h4-5H,2-3H2,1H3,(H,16,17). The number of carbonyl (C=O) groups is 2. The van der Waals surface area contributed by atoms with E-state index in [0.717, 1.165) is 11.0 Å². The Labute approximate surface area is 123 Å². The predicted octanol–water partition coefficient (Wildman–Crippen LogP) is 2.45. The molecule has 0 radical (unpaired) electrons. The van der Waals surface area contributed by atoms with Gasteiger partial charge in [0.2, 0.25) is 0 Å². The molecule has 0 aromatic heterocycles. The minimum absolute atomic E-state index is 0.0256. The second kappa shape index (κ2) is 6.53. The lowest BCUT2D eigenvalue weighted by Crippen LogP contribution is -2.29. The monoisotopic (exact) mass is 320 g/mol. The number of nitro groups is 1. The lowest BCUT2D eigenvalue weighted by atomic mass is 10.1. The largest absolute Gasteiger partial charge is 0.481 e. The molecular weight excluding hydrogens is 311 g/mol. The van der Waals surface area contributed by atoms with Crippen LogP contribution in [0.5, 0.6) is 0 Å². The van der Waals surface area contributed by atoms with E-state index in [1.165, 1.54) is 13.1 Å². The molecule has 1 amide bonds. The maximum Gasteiger partial charge on any atom is 0.305 e. The van der Waals surface area contributed by atoms with Crippen molar-refractivity contribution in [2.75, 3.05) is 13.6 Å². The zero-order valence-electron chi connectivity index (χ0n) is 10.3. The van der Waals surface area contributed by atoms with Gasteiger partial charge in [0.05, 0.1) is 16.4 Å². The van der Waals surface area contributed by atoms with E-state index in [-0.39, 0.29) is 28.6 Å². The molecule has 0 atom stereocenters. The average Bonchev–Trinajstić information content (AvgIpc) is 2.37. The van der Waals surface area contributed by atoms with Gasteiger partial charge in [-0.3, -0.25) is 19.7 Å². The summed E-state index contributed by atoms with van der Waals surface area (Å²) < 4.78 is 0. The van der Waals surface area contributed by atoms with Gasteiger partial charge < -0.3 is 10.0 Å². The third-order valence-corrected chi connectivity index (χ3v) is 3.25. The summed E-state index contributed by atoms with van der Waals surface area (Å²) in [6, 6.07) is 2.21. The first kappa shape index (κ1) is 16.2. The number of nitrogens with zero attached hydrogens (tertiary/aromatic N) is 2. The summed E-state index contributed by atoms with van der Waals surface area (Å²) in [6.45, 7) is -0.0256. The molecule has 0 fully saturated rings. The number of hydrogen-bond acceptors (Lipinski definition) is 4. The van der Waals surface area contributed by atoms with Crippen LogP contribution in [0.4, 0.5) is 5.69 Å². The Morgan fingerprint density at radius 2 is 2.00 bits per heavy atom. The van der Waals surface area contributed by atoms with Crippen molar-refractivity contribution >= 4 is 40.8 Å². The maximum absolute atomic E-state index is 12.0. The first-order valence-corrected chi connectivity index (χ1v) is 6.10. The Morgan fingerprint density at radius 1 is 1.40 bits per heavy atom. The van der Waals surface area contributed by atoms with Gasteiger partial charge in [-0.2, -0.15) is 0 Å². The highest BCUT2D eigenvalue weighted by Gasteiger charge is 2.22. The molecule has 0 bridgehead atoms. The van der Waals surface area contributed by atoms with Crippen molar-refractivity contribution in [1.82, 2.24) is 4.90 Å². The molecule has 1 aromatic carbocycles. The molecule has 1 N–H and O–H groups in total. The number of rotatable bonds is 5. The molecular formula is C11H10Cl2N2O5. The van der Waals surface area contributed by atoms with Crippen LogP contribution in [0.1, 0.15) is 16.8 Å². The second-order valence-corrected chi connectivity index (χ2v) is 4.70. The van der Waals surface area contributed by atoms with Gasteiger partial charge in [-0.25, -0.2) is 0 Å². The number of aliphatic carboxylic acids is 1. The number of carbonyl (C=O) groups excluding carboxylic acids is 1. The third kappa shape index (κ3) is 3.82. The SMILES string of the molecule is CN(CCC(=O)O)C(=O)c1cc(Cl)c(Cl)c([N+](=O)[O-])c1. The highest BCUT2D eigenvalue weighted by Crippen LogP contribution is 2.33. The van der Waals surface area contributed by atoms with E-state index in [4.69, 9.17) is 28.3 Å². The Bertz CT molecular complexity index is 576. The van der Waals surface area contributed by atoms with Gasteiger partial charge in [0.1, 0.15) is 5.02 Å². The number of carboxylic acid groups (broad SMARTS) is 1. The van der Waals surface area contributed by atoms with Crippen molar-refractivity contribution in [3.8, 4) is 0 Å². The summed E-state index contributed by atoms with van der Waals surface area (Å²) in [6.07, 6.45) is -0.231. The summed E-state index contributed by atoms with van der Waals surface area (Å²) >= 11 is 11.4. The molecule has 9 heteroatoms. The van der Waals surface area contributed by atoms with Crippen LogP contribution in [0.25, 0.3) is 0 Å². The van der Waals surface area contributed by atoms with E-state index >= 15 is 0 Å². The highest BCUT2D eigenvalue weighted by atomic mass is 35.5. The van der Waals surface area contributed by atoms with E-state index in [2.05, 4.69) is 0 Å².